The van der Waals surface area contributed by atoms with Crippen LogP contribution in [0.1, 0.15) is 27.8 Å². The van der Waals surface area contributed by atoms with Crippen LogP contribution >= 0.6 is 0 Å². The van der Waals surface area contributed by atoms with E-state index in [2.05, 4.69) is 10.3 Å². The summed E-state index contributed by atoms with van der Waals surface area (Å²) in [5.41, 5.74) is 0.872. The maximum absolute atomic E-state index is 11.7. The summed E-state index contributed by atoms with van der Waals surface area (Å²) in [4.78, 5) is 22.4. The molecular weight excluding hydrogens is 250 g/mol. The van der Waals surface area contributed by atoms with Crippen molar-refractivity contribution in [3.05, 3.63) is 41.7 Å². The van der Waals surface area contributed by atoms with E-state index in [9.17, 15) is 9.59 Å². The van der Waals surface area contributed by atoms with Crippen LogP contribution in [0.2, 0.25) is 0 Å². The van der Waals surface area contributed by atoms with E-state index in [0.717, 1.165) is 0 Å². The smallest absolute Gasteiger partial charge is 0.358 e. The first kappa shape index (κ1) is 12.7. The van der Waals surface area contributed by atoms with Gasteiger partial charge in [0.15, 0.2) is 5.69 Å². The highest BCUT2D eigenvalue weighted by Gasteiger charge is 2.15. The molecule has 0 saturated heterocycles. The number of carboxylic acids is 1. The summed E-state index contributed by atoms with van der Waals surface area (Å²) < 4.78 is 6.17. The van der Waals surface area contributed by atoms with Crippen LogP contribution in [0.3, 0.4) is 0 Å². The first-order valence-corrected chi connectivity index (χ1v) is 5.55. The number of aromatic carboxylic acids is 1. The fourth-order valence-electron chi connectivity index (χ4n) is 1.52. The summed E-state index contributed by atoms with van der Waals surface area (Å²) in [6, 6.07) is 5.93. The van der Waals surface area contributed by atoms with Crippen LogP contribution in [0.15, 0.2) is 30.5 Å². The monoisotopic (exact) mass is 261 g/mol. The average molecular weight is 261 g/mol. The van der Waals surface area contributed by atoms with Crippen molar-refractivity contribution in [2.24, 2.45) is 0 Å². The summed E-state index contributed by atoms with van der Waals surface area (Å²) in [6.45, 7) is 1.95. The van der Waals surface area contributed by atoms with Crippen LogP contribution in [0, 0.1) is 0 Å². The Balaban J connectivity index is 2.34. The number of aromatic nitrogens is 3. The molecule has 0 bridgehead atoms. The highest BCUT2D eigenvalue weighted by molar-refractivity contribution is 5.89. The van der Waals surface area contributed by atoms with E-state index < -0.39 is 11.9 Å². The van der Waals surface area contributed by atoms with Crippen molar-refractivity contribution >= 4 is 11.9 Å². The molecule has 1 aromatic heterocycles. The largest absolute Gasteiger partial charge is 0.478 e. The molecule has 1 N–H and O–H groups in total. The van der Waals surface area contributed by atoms with Gasteiger partial charge >= 0.3 is 11.9 Å². The van der Waals surface area contributed by atoms with Crippen molar-refractivity contribution in [3.8, 4) is 5.69 Å². The van der Waals surface area contributed by atoms with E-state index in [-0.39, 0.29) is 17.9 Å². The minimum Gasteiger partial charge on any atom is -0.478 e. The number of nitrogens with zero attached hydrogens (tertiary/aromatic N) is 3. The van der Waals surface area contributed by atoms with E-state index in [1.165, 1.54) is 23.0 Å². The Kier molecular flexibility index (Phi) is 3.56. The van der Waals surface area contributed by atoms with Gasteiger partial charge in [0, 0.05) is 0 Å². The fourth-order valence-corrected chi connectivity index (χ4v) is 1.52. The number of rotatable bonds is 4. The standard InChI is InChI=1S/C12H11N3O4/c1-2-19-12(18)10-7-13-14-15(10)9-5-3-8(4-6-9)11(16)17/h3-7H,2H2,1H3,(H,16,17). The Morgan fingerprint density at radius 2 is 2.00 bits per heavy atom. The Hall–Kier alpha value is -2.70. The Bertz CT molecular complexity index is 604. The zero-order valence-electron chi connectivity index (χ0n) is 10.1. The molecule has 2 aromatic rings. The number of carbonyl (C=O) groups excluding carboxylic acids is 1. The number of hydrogen-bond donors (Lipinski definition) is 1. The predicted molar refractivity (Wildman–Crippen MR) is 64.3 cm³/mol. The number of benzene rings is 1. The molecule has 0 saturated carbocycles. The van der Waals surface area contributed by atoms with Crippen molar-refractivity contribution in [2.75, 3.05) is 6.61 Å². The minimum atomic E-state index is -1.02. The molecule has 1 heterocycles. The molecule has 0 radical (unpaired) electrons. The molecule has 98 valence electrons. The molecule has 7 heteroatoms. The van der Waals surface area contributed by atoms with Gasteiger partial charge in [0.1, 0.15) is 0 Å². The Morgan fingerprint density at radius 1 is 1.32 bits per heavy atom. The normalized spacial score (nSPS) is 10.2. The maximum atomic E-state index is 11.7. The first-order valence-electron chi connectivity index (χ1n) is 5.55. The van der Waals surface area contributed by atoms with Crippen molar-refractivity contribution in [1.29, 1.82) is 0 Å². The summed E-state index contributed by atoms with van der Waals surface area (Å²) in [7, 11) is 0. The van der Waals surface area contributed by atoms with Crippen LogP contribution in [0.5, 0.6) is 0 Å². The molecule has 1 aromatic carbocycles. The van der Waals surface area contributed by atoms with E-state index in [0.29, 0.717) is 5.69 Å². The third-order valence-corrected chi connectivity index (χ3v) is 2.39. The van der Waals surface area contributed by atoms with E-state index in [1.807, 2.05) is 0 Å². The predicted octanol–water partition coefficient (Wildman–Crippen LogP) is 1.14. The van der Waals surface area contributed by atoms with Crippen LogP contribution in [0.4, 0.5) is 0 Å². The highest BCUT2D eigenvalue weighted by Crippen LogP contribution is 2.12. The number of hydrogen-bond acceptors (Lipinski definition) is 5. The lowest BCUT2D eigenvalue weighted by Crippen LogP contribution is -2.12. The van der Waals surface area contributed by atoms with Gasteiger partial charge in [-0.3, -0.25) is 0 Å². The molecule has 0 amide bonds. The van der Waals surface area contributed by atoms with Crippen LogP contribution in [-0.4, -0.2) is 38.6 Å². The van der Waals surface area contributed by atoms with Gasteiger partial charge in [0.05, 0.1) is 24.1 Å². The van der Waals surface area contributed by atoms with Gasteiger partial charge in [0.2, 0.25) is 0 Å². The highest BCUT2D eigenvalue weighted by atomic mass is 16.5. The Morgan fingerprint density at radius 3 is 2.58 bits per heavy atom. The number of carboxylic acid groups (broad SMARTS) is 1. The SMILES string of the molecule is CCOC(=O)c1cnnn1-c1ccc(C(=O)O)cc1. The van der Waals surface area contributed by atoms with Gasteiger partial charge < -0.3 is 9.84 Å². The zero-order chi connectivity index (χ0) is 13.8. The molecule has 0 atom stereocenters. The summed E-state index contributed by atoms with van der Waals surface area (Å²) in [6.07, 6.45) is 1.29. The molecule has 2 rings (SSSR count). The molecule has 0 unspecified atom stereocenters. The van der Waals surface area contributed by atoms with Gasteiger partial charge in [-0.2, -0.15) is 0 Å². The van der Waals surface area contributed by atoms with Gasteiger partial charge in [-0.15, -0.1) is 5.10 Å². The molecule has 19 heavy (non-hydrogen) atoms. The van der Waals surface area contributed by atoms with Gasteiger partial charge in [-0.1, -0.05) is 5.21 Å². The number of esters is 1. The fraction of sp³-hybridized carbons (Fsp3) is 0.167. The Labute approximate surface area is 108 Å². The number of carbonyl (C=O) groups is 2. The van der Waals surface area contributed by atoms with Crippen molar-refractivity contribution < 1.29 is 19.4 Å². The summed E-state index contributed by atoms with van der Waals surface area (Å²) in [5, 5.41) is 16.2. The van der Waals surface area contributed by atoms with Crippen molar-refractivity contribution in [2.45, 2.75) is 6.92 Å². The lowest BCUT2D eigenvalue weighted by Gasteiger charge is -2.05. The molecule has 0 aliphatic heterocycles. The zero-order valence-corrected chi connectivity index (χ0v) is 10.1. The second-order valence-electron chi connectivity index (χ2n) is 3.60. The lowest BCUT2D eigenvalue weighted by molar-refractivity contribution is 0.0515. The molecule has 0 spiro atoms. The molecule has 0 aliphatic carbocycles. The molecular formula is C12H11N3O4. The van der Waals surface area contributed by atoms with Crippen LogP contribution in [0.25, 0.3) is 5.69 Å². The molecule has 7 nitrogen and oxygen atoms in total. The summed E-state index contributed by atoms with van der Waals surface area (Å²) in [5.74, 6) is -1.55. The number of ether oxygens (including phenoxy) is 1. The van der Waals surface area contributed by atoms with Gasteiger partial charge in [-0.05, 0) is 31.2 Å². The lowest BCUT2D eigenvalue weighted by atomic mass is 10.2. The quantitative estimate of drug-likeness (QED) is 0.829. The topological polar surface area (TPSA) is 94.3 Å². The van der Waals surface area contributed by atoms with E-state index in [1.54, 1.807) is 19.1 Å². The summed E-state index contributed by atoms with van der Waals surface area (Å²) >= 11 is 0. The van der Waals surface area contributed by atoms with Crippen LogP contribution in [-0.2, 0) is 4.74 Å². The van der Waals surface area contributed by atoms with Crippen LogP contribution < -0.4 is 0 Å². The van der Waals surface area contributed by atoms with Crippen molar-refractivity contribution in [3.63, 3.8) is 0 Å². The minimum absolute atomic E-state index is 0.154. The first-order chi connectivity index (χ1) is 9.13. The molecule has 0 aliphatic rings. The molecule has 0 fully saturated rings. The van der Waals surface area contributed by atoms with E-state index in [4.69, 9.17) is 9.84 Å². The third kappa shape index (κ3) is 2.59. The second-order valence-corrected chi connectivity index (χ2v) is 3.60. The maximum Gasteiger partial charge on any atom is 0.358 e. The van der Waals surface area contributed by atoms with E-state index >= 15 is 0 Å². The van der Waals surface area contributed by atoms with Crippen molar-refractivity contribution in [1.82, 2.24) is 15.0 Å². The average Bonchev–Trinajstić information content (AvgIpc) is 2.88. The van der Waals surface area contributed by atoms with Gasteiger partial charge in [-0.25, -0.2) is 14.3 Å². The van der Waals surface area contributed by atoms with Gasteiger partial charge in [0.25, 0.3) is 0 Å². The third-order valence-electron chi connectivity index (χ3n) is 2.39. The second kappa shape index (κ2) is 5.30.